The van der Waals surface area contributed by atoms with E-state index in [1.165, 1.54) is 67.8 Å². The zero-order valence-electron chi connectivity index (χ0n) is 19.5. The first-order chi connectivity index (χ1) is 18.3. The number of fused-ring (bicyclic) bond motifs is 11. The molecule has 9 rings (SSSR count). The number of hydrogen-bond acceptors (Lipinski definition) is 4. The van der Waals surface area contributed by atoms with Crippen LogP contribution in [0.5, 0.6) is 0 Å². The normalized spacial score (nSPS) is 12.3. The van der Waals surface area contributed by atoms with Crippen molar-refractivity contribution in [2.75, 3.05) is 0 Å². The standard InChI is InChI=1S/C32H17N3S2/c1-3-7-27-19(5-1)22-11-12-23-24-16-25-26(34-14-13-33-25)17-30(24)37-32(23)31(22)35(27)18-9-10-21-20-6-2-4-8-28(20)36-29(21)15-18/h1-17H. The van der Waals surface area contributed by atoms with E-state index < -0.39 is 0 Å². The van der Waals surface area contributed by atoms with Gasteiger partial charge >= 0.3 is 0 Å². The molecule has 5 aromatic carbocycles. The molecule has 4 aromatic heterocycles. The number of benzene rings is 5. The summed E-state index contributed by atoms with van der Waals surface area (Å²) in [4.78, 5) is 9.12. The second kappa shape index (κ2) is 7.13. The Labute approximate surface area is 218 Å². The highest BCUT2D eigenvalue weighted by Gasteiger charge is 2.18. The molecular formula is C32H17N3S2. The van der Waals surface area contributed by atoms with Crippen LogP contribution in [0.15, 0.2) is 103 Å². The smallest absolute Gasteiger partial charge is 0.0901 e. The molecule has 5 heteroatoms. The summed E-state index contributed by atoms with van der Waals surface area (Å²) in [6.45, 7) is 0. The van der Waals surface area contributed by atoms with E-state index in [-0.39, 0.29) is 0 Å². The highest BCUT2D eigenvalue weighted by Crippen LogP contribution is 2.44. The van der Waals surface area contributed by atoms with E-state index in [1.54, 1.807) is 12.4 Å². The summed E-state index contributed by atoms with van der Waals surface area (Å²) >= 11 is 3.72. The fourth-order valence-corrected chi connectivity index (χ4v) is 8.26. The highest BCUT2D eigenvalue weighted by atomic mass is 32.1. The third-order valence-corrected chi connectivity index (χ3v) is 9.79. The Morgan fingerprint density at radius 3 is 2.14 bits per heavy atom. The molecule has 0 N–H and O–H groups in total. The van der Waals surface area contributed by atoms with Crippen LogP contribution in [0, 0.1) is 0 Å². The lowest BCUT2D eigenvalue weighted by molar-refractivity contribution is 1.19. The molecular weight excluding hydrogens is 491 g/mol. The van der Waals surface area contributed by atoms with E-state index in [0.29, 0.717) is 0 Å². The monoisotopic (exact) mass is 507 g/mol. The van der Waals surface area contributed by atoms with Crippen molar-refractivity contribution < 1.29 is 0 Å². The van der Waals surface area contributed by atoms with Crippen LogP contribution in [0.3, 0.4) is 0 Å². The number of para-hydroxylation sites is 1. The summed E-state index contributed by atoms with van der Waals surface area (Å²) in [6, 6.07) is 33.3. The Morgan fingerprint density at radius 1 is 0.514 bits per heavy atom. The predicted molar refractivity (Wildman–Crippen MR) is 160 cm³/mol. The Hall–Kier alpha value is -4.32. The van der Waals surface area contributed by atoms with E-state index in [0.717, 1.165) is 11.0 Å². The maximum Gasteiger partial charge on any atom is 0.0901 e. The first-order valence-corrected chi connectivity index (χ1v) is 13.9. The van der Waals surface area contributed by atoms with Crippen molar-refractivity contribution >= 4 is 95.9 Å². The minimum absolute atomic E-state index is 0.936. The molecule has 0 atom stereocenters. The van der Waals surface area contributed by atoms with E-state index in [9.17, 15) is 0 Å². The van der Waals surface area contributed by atoms with Crippen molar-refractivity contribution in [3.63, 3.8) is 0 Å². The predicted octanol–water partition coefficient (Wildman–Crippen LogP) is 9.46. The molecule has 3 nitrogen and oxygen atoms in total. The molecule has 4 heterocycles. The quantitative estimate of drug-likeness (QED) is 0.221. The molecule has 0 spiro atoms. The van der Waals surface area contributed by atoms with Crippen LogP contribution in [-0.4, -0.2) is 14.5 Å². The largest absolute Gasteiger partial charge is 0.308 e. The SMILES string of the molecule is c1ccc2c(c1)sc1cc(-n3c4ccccc4c4ccc5c6cc7nccnc7cc6sc5c43)ccc12. The van der Waals surface area contributed by atoms with E-state index in [2.05, 4.69) is 106 Å². The molecule has 0 saturated carbocycles. The van der Waals surface area contributed by atoms with Crippen molar-refractivity contribution in [2.45, 2.75) is 0 Å². The van der Waals surface area contributed by atoms with Crippen LogP contribution in [0.2, 0.25) is 0 Å². The van der Waals surface area contributed by atoms with Gasteiger partial charge in [0.1, 0.15) is 0 Å². The Morgan fingerprint density at radius 2 is 1.22 bits per heavy atom. The average Bonchev–Trinajstić information content (AvgIpc) is 3.60. The lowest BCUT2D eigenvalue weighted by Gasteiger charge is -2.09. The molecule has 0 unspecified atom stereocenters. The van der Waals surface area contributed by atoms with Crippen LogP contribution >= 0.6 is 22.7 Å². The zero-order chi connectivity index (χ0) is 24.1. The summed E-state index contributed by atoms with van der Waals surface area (Å²) < 4.78 is 7.65. The van der Waals surface area contributed by atoms with Crippen molar-refractivity contribution in [3.8, 4) is 5.69 Å². The third-order valence-electron chi connectivity index (χ3n) is 7.48. The molecule has 172 valence electrons. The van der Waals surface area contributed by atoms with Crippen LogP contribution in [0.4, 0.5) is 0 Å². The van der Waals surface area contributed by atoms with Gasteiger partial charge in [-0.15, -0.1) is 22.7 Å². The fourth-order valence-electron chi connectivity index (χ4n) is 5.86. The number of nitrogens with zero attached hydrogens (tertiary/aromatic N) is 3. The zero-order valence-corrected chi connectivity index (χ0v) is 21.1. The number of hydrogen-bond donors (Lipinski definition) is 0. The minimum atomic E-state index is 0.936. The molecule has 9 aromatic rings. The molecule has 0 saturated heterocycles. The van der Waals surface area contributed by atoms with Gasteiger partial charge in [-0.2, -0.15) is 0 Å². The number of aromatic nitrogens is 3. The van der Waals surface area contributed by atoms with Crippen molar-refractivity contribution in [1.82, 2.24) is 14.5 Å². The Balaban J connectivity index is 1.44. The van der Waals surface area contributed by atoms with Gasteiger partial charge in [-0.25, -0.2) is 0 Å². The van der Waals surface area contributed by atoms with Gasteiger partial charge in [-0.1, -0.05) is 54.6 Å². The Bertz CT molecular complexity index is 2370. The van der Waals surface area contributed by atoms with Crippen LogP contribution < -0.4 is 0 Å². The third kappa shape index (κ3) is 2.65. The first kappa shape index (κ1) is 19.8. The summed E-state index contributed by atoms with van der Waals surface area (Å²) in [5.41, 5.74) is 5.57. The van der Waals surface area contributed by atoms with Gasteiger partial charge in [0.15, 0.2) is 0 Å². The summed E-state index contributed by atoms with van der Waals surface area (Å²) in [6.07, 6.45) is 3.53. The summed E-state index contributed by atoms with van der Waals surface area (Å²) in [7, 11) is 0. The second-order valence-corrected chi connectivity index (χ2v) is 11.6. The van der Waals surface area contributed by atoms with Crippen LogP contribution in [-0.2, 0) is 0 Å². The lowest BCUT2D eigenvalue weighted by Crippen LogP contribution is -1.93. The molecule has 0 bridgehead atoms. The van der Waals surface area contributed by atoms with Gasteiger partial charge < -0.3 is 4.57 Å². The highest BCUT2D eigenvalue weighted by molar-refractivity contribution is 7.27. The molecule has 37 heavy (non-hydrogen) atoms. The topological polar surface area (TPSA) is 30.7 Å². The molecule has 0 aliphatic rings. The van der Waals surface area contributed by atoms with E-state index in [1.807, 2.05) is 22.7 Å². The lowest BCUT2D eigenvalue weighted by atomic mass is 10.1. The van der Waals surface area contributed by atoms with E-state index >= 15 is 0 Å². The van der Waals surface area contributed by atoms with Crippen LogP contribution in [0.25, 0.3) is 78.9 Å². The van der Waals surface area contributed by atoms with Gasteiger partial charge in [0.25, 0.3) is 0 Å². The molecule has 0 aliphatic carbocycles. The summed E-state index contributed by atoms with van der Waals surface area (Å²) in [5.74, 6) is 0. The van der Waals surface area contributed by atoms with Crippen molar-refractivity contribution in [3.05, 3.63) is 103 Å². The maximum absolute atomic E-state index is 4.56. The van der Waals surface area contributed by atoms with Crippen LogP contribution in [0.1, 0.15) is 0 Å². The number of rotatable bonds is 1. The first-order valence-electron chi connectivity index (χ1n) is 12.2. The average molecular weight is 508 g/mol. The molecule has 0 fully saturated rings. The minimum Gasteiger partial charge on any atom is -0.308 e. The van der Waals surface area contributed by atoms with Gasteiger partial charge in [0.05, 0.1) is 26.8 Å². The second-order valence-electron chi connectivity index (χ2n) is 9.47. The van der Waals surface area contributed by atoms with Gasteiger partial charge in [0.2, 0.25) is 0 Å². The number of thiophene rings is 2. The molecule has 0 radical (unpaired) electrons. The van der Waals surface area contributed by atoms with Crippen molar-refractivity contribution in [1.29, 1.82) is 0 Å². The van der Waals surface area contributed by atoms with E-state index in [4.69, 9.17) is 0 Å². The fraction of sp³-hybridized carbons (Fsp3) is 0. The molecule has 0 aliphatic heterocycles. The van der Waals surface area contributed by atoms with Gasteiger partial charge in [-0.05, 0) is 36.4 Å². The maximum atomic E-state index is 4.56. The molecule has 0 amide bonds. The van der Waals surface area contributed by atoms with Gasteiger partial charge in [-0.3, -0.25) is 9.97 Å². The van der Waals surface area contributed by atoms with Gasteiger partial charge in [0, 0.05) is 64.5 Å². The van der Waals surface area contributed by atoms with Crippen molar-refractivity contribution in [2.24, 2.45) is 0 Å². The summed E-state index contributed by atoms with van der Waals surface area (Å²) in [5, 5.41) is 7.73. The Kier molecular flexibility index (Phi) is 3.82.